The van der Waals surface area contributed by atoms with Gasteiger partial charge in [0, 0.05) is 11.1 Å². The molecule has 0 heterocycles. The molecule has 0 radical (unpaired) electrons. The van der Waals surface area contributed by atoms with Crippen LogP contribution in [0.25, 0.3) is 0 Å². The van der Waals surface area contributed by atoms with Gasteiger partial charge in [0.25, 0.3) is 0 Å². The average Bonchev–Trinajstić information content (AvgIpc) is 2.03. The molecule has 0 aromatic rings. The fraction of sp³-hybridized carbons (Fsp3) is 0.250. The van der Waals surface area contributed by atoms with Crippen molar-refractivity contribution in [3.05, 3.63) is 24.3 Å². The lowest BCUT2D eigenvalue weighted by Gasteiger charge is -2.03. The van der Waals surface area contributed by atoms with E-state index in [1.165, 1.54) is 0 Å². The van der Waals surface area contributed by atoms with E-state index in [1.54, 1.807) is 0 Å². The fourth-order valence-corrected chi connectivity index (χ4v) is 0.440. The van der Waals surface area contributed by atoms with E-state index in [1.807, 2.05) is 0 Å². The van der Waals surface area contributed by atoms with Gasteiger partial charge in [0.15, 0.2) is 0 Å². The molecule has 2 amide bonds. The molecule has 0 bridgehead atoms. The largest absolute Gasteiger partial charge is 0.372 e. The Bertz CT molecular complexity index is 232. The molecule has 0 aromatic heterocycles. The van der Waals surface area contributed by atoms with Crippen LogP contribution in [0.3, 0.4) is 0 Å². The Labute approximate surface area is 76.0 Å². The Hall–Kier alpha value is -1.62. The van der Waals surface area contributed by atoms with E-state index < -0.39 is 11.8 Å². The van der Waals surface area contributed by atoms with Crippen molar-refractivity contribution < 1.29 is 14.3 Å². The molecule has 0 rings (SSSR count). The number of nitrogens with two attached hydrogens (primary N) is 2. The Morgan fingerprint density at radius 2 is 1.31 bits per heavy atom. The van der Waals surface area contributed by atoms with Crippen LogP contribution in [0.1, 0.15) is 0 Å². The maximum atomic E-state index is 10.4. The van der Waals surface area contributed by atoms with E-state index in [2.05, 4.69) is 13.2 Å². The van der Waals surface area contributed by atoms with Gasteiger partial charge in [-0.25, -0.2) is 0 Å². The summed E-state index contributed by atoms with van der Waals surface area (Å²) in [6.07, 6.45) is 0. The Kier molecular flexibility index (Phi) is 4.47. The molecule has 0 saturated heterocycles. The van der Waals surface area contributed by atoms with Crippen LogP contribution < -0.4 is 11.5 Å². The van der Waals surface area contributed by atoms with Crippen LogP contribution in [-0.2, 0) is 14.3 Å². The number of carbonyl (C=O) groups is 2. The molecule has 0 atom stereocenters. The van der Waals surface area contributed by atoms with E-state index in [-0.39, 0.29) is 24.4 Å². The number of amides is 2. The minimum atomic E-state index is -0.635. The van der Waals surface area contributed by atoms with Gasteiger partial charge in [0.1, 0.15) is 0 Å². The van der Waals surface area contributed by atoms with Gasteiger partial charge in [0.05, 0.1) is 13.2 Å². The second-order valence-electron chi connectivity index (χ2n) is 2.43. The first-order valence-electron chi connectivity index (χ1n) is 3.48. The van der Waals surface area contributed by atoms with Crippen molar-refractivity contribution in [1.29, 1.82) is 0 Å². The van der Waals surface area contributed by atoms with E-state index in [9.17, 15) is 9.59 Å². The van der Waals surface area contributed by atoms with E-state index in [0.29, 0.717) is 0 Å². The van der Waals surface area contributed by atoms with Crippen LogP contribution in [0.5, 0.6) is 0 Å². The predicted molar refractivity (Wildman–Crippen MR) is 47.5 cm³/mol. The Morgan fingerprint density at radius 1 is 1.00 bits per heavy atom. The lowest BCUT2D eigenvalue weighted by molar-refractivity contribution is -0.115. The quantitative estimate of drug-likeness (QED) is 0.523. The first-order valence-corrected chi connectivity index (χ1v) is 3.48. The van der Waals surface area contributed by atoms with Crippen molar-refractivity contribution in [2.75, 3.05) is 13.2 Å². The normalized spacial score (nSPS) is 9.23. The summed E-state index contributed by atoms with van der Waals surface area (Å²) in [5.41, 5.74) is 10.0. The number of primary amides is 2. The number of rotatable bonds is 6. The van der Waals surface area contributed by atoms with Crippen molar-refractivity contribution in [2.24, 2.45) is 11.5 Å². The fourth-order valence-electron chi connectivity index (χ4n) is 0.440. The summed E-state index contributed by atoms with van der Waals surface area (Å²) >= 11 is 0. The van der Waals surface area contributed by atoms with Gasteiger partial charge in [-0.1, -0.05) is 13.2 Å². The number of hydrogen-bond donors (Lipinski definition) is 2. The highest BCUT2D eigenvalue weighted by Crippen LogP contribution is 1.94. The molecule has 0 unspecified atom stereocenters. The molecule has 0 aromatic carbocycles. The minimum Gasteiger partial charge on any atom is -0.372 e. The van der Waals surface area contributed by atoms with Crippen molar-refractivity contribution in [1.82, 2.24) is 0 Å². The predicted octanol–water partition coefficient (Wildman–Crippen LogP) is -0.914. The zero-order chi connectivity index (χ0) is 10.4. The summed E-state index contributed by atoms with van der Waals surface area (Å²) in [7, 11) is 0. The molecule has 0 saturated carbocycles. The third kappa shape index (κ3) is 4.76. The third-order valence-electron chi connectivity index (χ3n) is 1.25. The second-order valence-corrected chi connectivity index (χ2v) is 2.43. The van der Waals surface area contributed by atoms with Gasteiger partial charge >= 0.3 is 0 Å². The summed E-state index contributed by atoms with van der Waals surface area (Å²) in [4.78, 5) is 20.9. The van der Waals surface area contributed by atoms with Gasteiger partial charge in [-0.3, -0.25) is 9.59 Å². The van der Waals surface area contributed by atoms with Crippen LogP contribution >= 0.6 is 0 Å². The molecular weight excluding hydrogens is 172 g/mol. The van der Waals surface area contributed by atoms with Crippen LogP contribution in [0.15, 0.2) is 24.3 Å². The van der Waals surface area contributed by atoms with Crippen LogP contribution in [0.4, 0.5) is 0 Å². The Balaban J connectivity index is 3.69. The molecule has 0 aliphatic rings. The molecule has 13 heavy (non-hydrogen) atoms. The van der Waals surface area contributed by atoms with E-state index in [4.69, 9.17) is 16.2 Å². The van der Waals surface area contributed by atoms with E-state index in [0.717, 1.165) is 0 Å². The maximum absolute atomic E-state index is 10.4. The van der Waals surface area contributed by atoms with Gasteiger partial charge in [-0.15, -0.1) is 0 Å². The van der Waals surface area contributed by atoms with Gasteiger partial charge in [-0.05, 0) is 0 Å². The van der Waals surface area contributed by atoms with Crippen molar-refractivity contribution >= 4 is 11.8 Å². The molecule has 5 nitrogen and oxygen atoms in total. The highest BCUT2D eigenvalue weighted by Gasteiger charge is 2.04. The van der Waals surface area contributed by atoms with Crippen LogP contribution in [0.2, 0.25) is 0 Å². The molecule has 72 valence electrons. The molecule has 0 aliphatic carbocycles. The Morgan fingerprint density at radius 3 is 1.54 bits per heavy atom. The van der Waals surface area contributed by atoms with Crippen molar-refractivity contribution in [2.45, 2.75) is 0 Å². The summed E-state index contributed by atoms with van der Waals surface area (Å²) in [5, 5.41) is 0. The van der Waals surface area contributed by atoms with Crippen molar-refractivity contribution in [3.8, 4) is 0 Å². The molecule has 0 fully saturated rings. The summed E-state index contributed by atoms with van der Waals surface area (Å²) in [6.45, 7) is 6.65. The second kappa shape index (κ2) is 5.10. The first-order chi connectivity index (χ1) is 5.95. The van der Waals surface area contributed by atoms with Crippen LogP contribution in [0, 0.1) is 0 Å². The van der Waals surface area contributed by atoms with E-state index >= 15 is 0 Å². The average molecular weight is 184 g/mol. The molecule has 0 aliphatic heterocycles. The SMILES string of the molecule is C=C(COCC(=C)C(N)=O)C(N)=O. The number of ether oxygens (including phenoxy) is 1. The molecule has 0 spiro atoms. The van der Waals surface area contributed by atoms with Crippen molar-refractivity contribution in [3.63, 3.8) is 0 Å². The minimum absolute atomic E-state index is 0.0262. The van der Waals surface area contributed by atoms with Gasteiger partial charge < -0.3 is 16.2 Å². The van der Waals surface area contributed by atoms with Gasteiger partial charge in [-0.2, -0.15) is 0 Å². The first kappa shape index (κ1) is 11.4. The third-order valence-corrected chi connectivity index (χ3v) is 1.25. The smallest absolute Gasteiger partial charge is 0.246 e. The summed E-state index contributed by atoms with van der Waals surface area (Å²) in [5.74, 6) is -1.27. The summed E-state index contributed by atoms with van der Waals surface area (Å²) in [6, 6.07) is 0. The molecule has 5 heteroatoms. The molecule has 4 N–H and O–H groups in total. The lowest BCUT2D eigenvalue weighted by Crippen LogP contribution is -2.20. The maximum Gasteiger partial charge on any atom is 0.246 e. The number of carbonyl (C=O) groups excluding carboxylic acids is 2. The zero-order valence-corrected chi connectivity index (χ0v) is 7.21. The monoisotopic (exact) mass is 184 g/mol. The zero-order valence-electron chi connectivity index (χ0n) is 7.21. The standard InChI is InChI=1S/C8H12N2O3/c1-5(7(9)11)3-13-4-6(2)8(10)12/h1-4H2,(H2,9,11)(H2,10,12). The van der Waals surface area contributed by atoms with Gasteiger partial charge in [0.2, 0.25) is 11.8 Å². The lowest BCUT2D eigenvalue weighted by atomic mass is 10.3. The molecular formula is C8H12N2O3. The summed E-state index contributed by atoms with van der Waals surface area (Å²) < 4.78 is 4.88. The number of hydrogen-bond acceptors (Lipinski definition) is 3. The highest BCUT2D eigenvalue weighted by molar-refractivity contribution is 5.92. The highest BCUT2D eigenvalue weighted by atomic mass is 16.5. The topological polar surface area (TPSA) is 95.4 Å². The van der Waals surface area contributed by atoms with Crippen LogP contribution in [-0.4, -0.2) is 25.0 Å².